The Morgan fingerprint density at radius 2 is 1.97 bits per heavy atom. The number of carbonyl (C=O) groups is 2. The third-order valence-electron chi connectivity index (χ3n) is 4.95. The predicted molar refractivity (Wildman–Crippen MR) is 118 cm³/mol. The number of rotatable bonds is 9. The number of unbranched alkanes of at least 4 members (excludes halogenated alkanes) is 1. The molecule has 3 aromatic rings. The highest BCUT2D eigenvalue weighted by atomic mass is 32.2. The molecule has 0 aliphatic rings. The van der Waals surface area contributed by atoms with Crippen molar-refractivity contribution in [3.05, 3.63) is 48.2 Å². The summed E-state index contributed by atoms with van der Waals surface area (Å²) in [6, 6.07) is 7.94. The monoisotopic (exact) mass is 461 g/mol. The maximum Gasteiger partial charge on any atom is 0.305 e. The van der Waals surface area contributed by atoms with Crippen LogP contribution < -0.4 is 10.9 Å². The maximum absolute atomic E-state index is 12.5. The fourth-order valence-electron chi connectivity index (χ4n) is 3.17. The third-order valence-corrected chi connectivity index (χ3v) is 6.76. The van der Waals surface area contributed by atoms with Gasteiger partial charge in [0, 0.05) is 33.5 Å². The first-order valence-corrected chi connectivity index (χ1v) is 11.7. The van der Waals surface area contributed by atoms with Gasteiger partial charge in [-0.15, -0.1) is 0 Å². The van der Waals surface area contributed by atoms with Gasteiger partial charge < -0.3 is 8.98 Å². The first-order valence-electron chi connectivity index (χ1n) is 10.3. The van der Waals surface area contributed by atoms with Gasteiger partial charge in [0.05, 0.1) is 22.2 Å². The van der Waals surface area contributed by atoms with Gasteiger partial charge in [-0.25, -0.2) is 17.7 Å². The molecule has 0 fully saturated rings. The van der Waals surface area contributed by atoms with E-state index >= 15 is 0 Å². The number of fused-ring (bicyclic) bond motifs is 1. The molecule has 0 bridgehead atoms. The Labute approximate surface area is 186 Å². The van der Waals surface area contributed by atoms with Crippen LogP contribution in [-0.4, -0.2) is 48.2 Å². The number of benzene rings is 1. The summed E-state index contributed by atoms with van der Waals surface area (Å²) in [7, 11) is -0.616. The van der Waals surface area contributed by atoms with Crippen molar-refractivity contribution >= 4 is 32.9 Å². The molecule has 0 saturated heterocycles. The molecule has 0 aliphatic carbocycles. The molecular formula is C21H27N5O5S. The molecule has 32 heavy (non-hydrogen) atoms. The SMILES string of the molecule is CCCCn1c(CCC(=O)NNC(=O)c2ccco2)nc2cc(S(=O)(=O)N(C)C)ccc21. The fourth-order valence-corrected chi connectivity index (χ4v) is 4.09. The van der Waals surface area contributed by atoms with Gasteiger partial charge in [-0.05, 0) is 36.8 Å². The lowest BCUT2D eigenvalue weighted by atomic mass is 10.2. The number of nitrogens with zero attached hydrogens (tertiary/aromatic N) is 3. The summed E-state index contributed by atoms with van der Waals surface area (Å²) in [6.07, 6.45) is 3.69. The lowest BCUT2D eigenvalue weighted by molar-refractivity contribution is -0.121. The zero-order chi connectivity index (χ0) is 23.3. The van der Waals surface area contributed by atoms with Gasteiger partial charge in [-0.2, -0.15) is 0 Å². The van der Waals surface area contributed by atoms with E-state index in [2.05, 4.69) is 22.8 Å². The average Bonchev–Trinajstić information content (AvgIpc) is 3.42. The van der Waals surface area contributed by atoms with Crippen LogP contribution in [0.5, 0.6) is 0 Å². The first-order chi connectivity index (χ1) is 15.2. The van der Waals surface area contributed by atoms with Crippen molar-refractivity contribution in [2.45, 2.75) is 44.0 Å². The Hall–Kier alpha value is -3.18. The van der Waals surface area contributed by atoms with E-state index in [0.29, 0.717) is 24.3 Å². The minimum absolute atomic E-state index is 0.0927. The molecule has 0 spiro atoms. The minimum atomic E-state index is -3.58. The number of hydrazine groups is 1. The Balaban J connectivity index is 1.75. The van der Waals surface area contributed by atoms with E-state index in [-0.39, 0.29) is 23.0 Å². The summed E-state index contributed by atoms with van der Waals surface area (Å²) in [5.74, 6) is -0.154. The highest BCUT2D eigenvalue weighted by molar-refractivity contribution is 7.89. The van der Waals surface area contributed by atoms with Crippen LogP contribution in [0.4, 0.5) is 0 Å². The number of aromatic nitrogens is 2. The van der Waals surface area contributed by atoms with Crippen molar-refractivity contribution in [1.29, 1.82) is 0 Å². The Morgan fingerprint density at radius 3 is 2.62 bits per heavy atom. The Morgan fingerprint density at radius 1 is 1.19 bits per heavy atom. The van der Waals surface area contributed by atoms with Crippen molar-refractivity contribution < 1.29 is 22.4 Å². The number of hydrogen-bond donors (Lipinski definition) is 2. The van der Waals surface area contributed by atoms with Crippen LogP contribution in [0.2, 0.25) is 0 Å². The second-order valence-corrected chi connectivity index (χ2v) is 9.60. The molecule has 11 heteroatoms. The van der Waals surface area contributed by atoms with E-state index in [1.54, 1.807) is 24.3 Å². The molecule has 0 atom stereocenters. The van der Waals surface area contributed by atoms with Gasteiger partial charge in [0.25, 0.3) is 0 Å². The van der Waals surface area contributed by atoms with Crippen LogP contribution >= 0.6 is 0 Å². The molecule has 0 unspecified atom stereocenters. The fraction of sp³-hybridized carbons (Fsp3) is 0.381. The van der Waals surface area contributed by atoms with E-state index in [1.165, 1.54) is 26.4 Å². The van der Waals surface area contributed by atoms with E-state index in [1.807, 2.05) is 4.57 Å². The van der Waals surface area contributed by atoms with Crippen molar-refractivity contribution in [2.24, 2.45) is 0 Å². The summed E-state index contributed by atoms with van der Waals surface area (Å²) in [5.41, 5.74) is 6.04. The Bertz CT molecular complexity index is 1200. The molecule has 2 N–H and O–H groups in total. The molecule has 0 radical (unpaired) electrons. The molecule has 2 amide bonds. The molecule has 1 aromatic carbocycles. The van der Waals surface area contributed by atoms with Crippen LogP contribution in [0.1, 0.15) is 42.6 Å². The van der Waals surface area contributed by atoms with Crippen LogP contribution in [0.3, 0.4) is 0 Å². The van der Waals surface area contributed by atoms with Gasteiger partial charge in [-0.3, -0.25) is 20.4 Å². The summed E-state index contributed by atoms with van der Waals surface area (Å²) < 4.78 is 33.1. The van der Waals surface area contributed by atoms with Gasteiger partial charge in [0.15, 0.2) is 5.76 Å². The normalized spacial score (nSPS) is 11.8. The maximum atomic E-state index is 12.5. The topological polar surface area (TPSA) is 127 Å². The summed E-state index contributed by atoms with van der Waals surface area (Å²) in [6.45, 7) is 2.79. The summed E-state index contributed by atoms with van der Waals surface area (Å²) in [5, 5.41) is 0. The first kappa shape index (κ1) is 23.5. The number of aryl methyl sites for hydroxylation is 2. The highest BCUT2D eigenvalue weighted by Gasteiger charge is 2.20. The van der Waals surface area contributed by atoms with Crippen molar-refractivity contribution in [1.82, 2.24) is 24.7 Å². The zero-order valence-corrected chi connectivity index (χ0v) is 19.1. The van der Waals surface area contributed by atoms with Gasteiger partial charge >= 0.3 is 5.91 Å². The molecule has 3 rings (SSSR count). The third kappa shape index (κ3) is 5.17. The van der Waals surface area contributed by atoms with E-state index in [4.69, 9.17) is 4.42 Å². The summed E-state index contributed by atoms with van der Waals surface area (Å²) in [4.78, 5) is 28.8. The highest BCUT2D eigenvalue weighted by Crippen LogP contribution is 2.23. The smallest absolute Gasteiger partial charge is 0.305 e. The number of hydrogen-bond acceptors (Lipinski definition) is 6. The number of imidazole rings is 1. The molecular weight excluding hydrogens is 434 g/mol. The van der Waals surface area contributed by atoms with Crippen LogP contribution in [-0.2, 0) is 27.8 Å². The quantitative estimate of drug-likeness (QED) is 0.470. The minimum Gasteiger partial charge on any atom is -0.459 e. The van der Waals surface area contributed by atoms with E-state index in [0.717, 1.165) is 22.7 Å². The number of sulfonamides is 1. The lowest BCUT2D eigenvalue weighted by Crippen LogP contribution is -2.41. The number of furan rings is 1. The second-order valence-electron chi connectivity index (χ2n) is 7.45. The molecule has 10 nitrogen and oxygen atoms in total. The number of amides is 2. The van der Waals surface area contributed by atoms with Gasteiger partial charge in [0.2, 0.25) is 15.9 Å². The van der Waals surface area contributed by atoms with Crippen molar-refractivity contribution in [2.75, 3.05) is 14.1 Å². The summed E-state index contributed by atoms with van der Waals surface area (Å²) >= 11 is 0. The average molecular weight is 462 g/mol. The van der Waals surface area contributed by atoms with E-state index < -0.39 is 15.9 Å². The van der Waals surface area contributed by atoms with Crippen LogP contribution in [0.15, 0.2) is 45.9 Å². The van der Waals surface area contributed by atoms with Crippen molar-refractivity contribution in [3.63, 3.8) is 0 Å². The zero-order valence-electron chi connectivity index (χ0n) is 18.3. The largest absolute Gasteiger partial charge is 0.459 e. The molecule has 0 aliphatic heterocycles. The standard InChI is InChI=1S/C21H27N5O5S/c1-4-5-12-26-17-9-8-15(32(29,30)25(2)3)14-16(17)22-19(26)10-11-20(27)23-24-21(28)18-7-6-13-31-18/h6-9,13-14H,4-5,10-12H2,1-3H3,(H,23,27)(H,24,28). The van der Waals surface area contributed by atoms with Crippen molar-refractivity contribution in [3.8, 4) is 0 Å². The van der Waals surface area contributed by atoms with Crippen LogP contribution in [0, 0.1) is 0 Å². The predicted octanol–water partition coefficient (Wildman–Crippen LogP) is 2.07. The number of nitrogens with one attached hydrogen (secondary N) is 2. The molecule has 0 saturated carbocycles. The van der Waals surface area contributed by atoms with Gasteiger partial charge in [-0.1, -0.05) is 13.3 Å². The van der Waals surface area contributed by atoms with E-state index in [9.17, 15) is 18.0 Å². The molecule has 2 heterocycles. The Kier molecular flexibility index (Phi) is 7.31. The molecule has 172 valence electrons. The van der Waals surface area contributed by atoms with Crippen LogP contribution in [0.25, 0.3) is 11.0 Å². The second kappa shape index (κ2) is 9.96. The molecule has 2 aromatic heterocycles. The lowest BCUT2D eigenvalue weighted by Gasteiger charge is -2.11. The number of carbonyl (C=O) groups excluding carboxylic acids is 2. The van der Waals surface area contributed by atoms with Gasteiger partial charge in [0.1, 0.15) is 5.82 Å².